The molecule has 31 nitrogen and oxygen atoms in total. The van der Waals surface area contributed by atoms with E-state index >= 15 is 0 Å². The number of nitrogens with two attached hydrogens (primary N) is 4. The Balaban J connectivity index is 0.000000145. The van der Waals surface area contributed by atoms with Crippen molar-refractivity contribution in [3.8, 4) is 38.4 Å². The fourth-order valence-corrected chi connectivity index (χ4v) is 22.2. The number of guanidine groups is 4. The van der Waals surface area contributed by atoms with Crippen molar-refractivity contribution < 1.29 is 53.6 Å². The number of hydrogen-bond donors (Lipinski definition) is 4. The Morgan fingerprint density at radius 1 is 0.534 bits per heavy atom. The minimum absolute atomic E-state index is 0.000378. The van der Waals surface area contributed by atoms with Crippen molar-refractivity contribution in [2.75, 3.05) is 91.8 Å². The third kappa shape index (κ3) is 18.4. The first-order valence-electron chi connectivity index (χ1n) is 38.6. The Hall–Kier alpha value is -9.93. The van der Waals surface area contributed by atoms with Crippen molar-refractivity contribution in [1.82, 2.24) is 57.4 Å². The highest BCUT2D eigenvalue weighted by Gasteiger charge is 2.55. The topological polar surface area (TPSA) is 421 Å². The number of piperidine rings is 3. The highest BCUT2D eigenvalue weighted by molar-refractivity contribution is 7.89. The highest BCUT2D eigenvalue weighted by atomic mass is 32.2. The first-order valence-corrected chi connectivity index (χ1v) is 46.4. The van der Waals surface area contributed by atoms with E-state index < -0.39 is 64.1 Å². The van der Waals surface area contributed by atoms with Crippen LogP contribution in [0.3, 0.4) is 0 Å². The fraction of sp³-hybridized carbons (Fsp3) is 0.438. The molecule has 0 unspecified atom stereocenters. The maximum atomic E-state index is 13.8. The van der Waals surface area contributed by atoms with Gasteiger partial charge in [-0.25, -0.2) is 87.4 Å². The van der Waals surface area contributed by atoms with Gasteiger partial charge in [0.1, 0.15) is 45.8 Å². The molecule has 0 bridgehead atoms. The molecule has 118 heavy (non-hydrogen) atoms. The second-order valence-corrected chi connectivity index (χ2v) is 39.8. The van der Waals surface area contributed by atoms with E-state index in [1.807, 2.05) is 111 Å². The number of rotatable bonds is 18. The minimum atomic E-state index is -3.24. The van der Waals surface area contributed by atoms with Crippen LogP contribution in [-0.4, -0.2) is 222 Å². The SMILES string of the molecule is CCOc1cc(F)cc(-c2cnc([C@]3(C)CC(=O)N(C)C(N)=N3)s2)c1.CCS(=O)(=O)N1CCC(CN2C(=O)C(c3ccccc3)(c3ccccc3)N=C2N)CC1.CN1C(=O)[C@@H](C2CCN(S(C)(=O)=O)CC2)[C@@](C)(c2cc(-c3cncnc3)cs2)N=C1N.CN1C(=O)[C@H](C2CCN(S(C)(=O)=O)CC2)[C@@](C)(c2cc(-c3cncnc3)cs2)N=C1N. The summed E-state index contributed by atoms with van der Waals surface area (Å²) in [6.07, 6.45) is 18.1. The normalized spacial score (nSPS) is 23.4. The molecule has 5 aromatic heterocycles. The molecule has 3 fully saturated rings. The molecule has 3 aromatic carbocycles. The molecular formula is C80H99FN20O11S6. The largest absolute Gasteiger partial charge is 0.494 e. The van der Waals surface area contributed by atoms with Crippen LogP contribution in [0.5, 0.6) is 5.75 Å². The quantitative estimate of drug-likeness (QED) is 0.0634. The second-order valence-electron chi connectivity index (χ2n) is 30.7. The lowest BCUT2D eigenvalue weighted by Gasteiger charge is -2.45. The molecule has 15 rings (SSSR count). The van der Waals surface area contributed by atoms with Crippen LogP contribution < -0.4 is 27.7 Å². The highest BCUT2D eigenvalue weighted by Crippen LogP contribution is 2.51. The van der Waals surface area contributed by atoms with Gasteiger partial charge in [-0.1, -0.05) is 60.7 Å². The summed E-state index contributed by atoms with van der Waals surface area (Å²) >= 11 is 4.43. The molecule has 0 aliphatic carbocycles. The first-order chi connectivity index (χ1) is 55.9. The molecule has 8 aromatic rings. The third-order valence-electron chi connectivity index (χ3n) is 22.9. The monoisotopic (exact) mass is 1730 g/mol. The smallest absolute Gasteiger partial charge is 0.266 e. The molecule has 0 radical (unpaired) electrons. The average Bonchev–Trinajstić information content (AvgIpc) is 1.31. The maximum Gasteiger partial charge on any atom is 0.266 e. The summed E-state index contributed by atoms with van der Waals surface area (Å²) in [4.78, 5) is 101. The van der Waals surface area contributed by atoms with E-state index in [0.717, 1.165) is 48.0 Å². The number of benzene rings is 3. The van der Waals surface area contributed by atoms with Crippen molar-refractivity contribution in [2.45, 2.75) is 102 Å². The Labute approximate surface area is 699 Å². The van der Waals surface area contributed by atoms with Crippen LogP contribution in [-0.2, 0) is 71.4 Å². The standard InChI is InChI=1S/C23H28N4O3S.2C20H26N6O3S2.C17H19FN4O2S/c1-2-31(29,30)26-15-13-18(14-16-26)17-27-21(28)23(25-22(27)24,19-9-5-3-6-10-19)20-11-7-4-8-12-20;2*1-20(16-8-14(11-30-16)15-9-22-12-23-10-15)17(18(27)25(2)19(21)24-20)13-4-6-26(7-5-13)31(3,28)29;1-4-24-12-6-10(5-11(18)7-12)13-9-20-15(25-13)17(2)8-14(23)22(3)16(19)21-17/h3-12,18H,2,13-17H2,1H3,(H2,24,25);2*8-13,17H,4-7H2,1-3H3,(H2,21,24);5-7,9H,4,8H2,1-3H3,(H2,19,21)/t;17-,20+;17-,20-;17-/m.010/s1. The van der Waals surface area contributed by atoms with Crippen LogP contribution in [0.1, 0.15) is 105 Å². The summed E-state index contributed by atoms with van der Waals surface area (Å²) < 4.78 is 95.7. The lowest BCUT2D eigenvalue weighted by molar-refractivity contribution is -0.138. The number of carbonyl (C=O) groups is 4. The van der Waals surface area contributed by atoms with E-state index in [9.17, 15) is 48.8 Å². The van der Waals surface area contributed by atoms with E-state index in [1.54, 1.807) is 74.3 Å². The van der Waals surface area contributed by atoms with Crippen LogP contribution >= 0.6 is 34.0 Å². The summed E-state index contributed by atoms with van der Waals surface area (Å²) in [7, 11) is -4.79. The minimum Gasteiger partial charge on any atom is -0.494 e. The van der Waals surface area contributed by atoms with Gasteiger partial charge in [-0.2, -0.15) is 0 Å². The van der Waals surface area contributed by atoms with Gasteiger partial charge in [-0.05, 0) is 154 Å². The van der Waals surface area contributed by atoms with E-state index in [1.165, 1.54) is 94.6 Å². The molecule has 3 saturated heterocycles. The van der Waals surface area contributed by atoms with Crippen LogP contribution in [0.4, 0.5) is 4.39 Å². The number of carbonyl (C=O) groups excluding carboxylic acids is 4. The van der Waals surface area contributed by atoms with Gasteiger partial charge in [0, 0.05) is 125 Å². The number of aliphatic imine (C=N–C) groups is 4. The lowest BCUT2D eigenvalue weighted by Crippen LogP contribution is -2.57. The third-order valence-corrected chi connectivity index (χ3v) is 31.0. The maximum absolute atomic E-state index is 13.8. The molecule has 38 heteroatoms. The molecule has 7 aliphatic rings. The zero-order valence-electron chi connectivity index (χ0n) is 67.3. The van der Waals surface area contributed by atoms with Gasteiger partial charge >= 0.3 is 0 Å². The van der Waals surface area contributed by atoms with Crippen LogP contribution in [0.2, 0.25) is 0 Å². The van der Waals surface area contributed by atoms with Crippen molar-refractivity contribution in [3.63, 3.8) is 0 Å². The van der Waals surface area contributed by atoms with Gasteiger partial charge in [-0.15, -0.1) is 34.0 Å². The predicted molar refractivity (Wildman–Crippen MR) is 455 cm³/mol. The van der Waals surface area contributed by atoms with Gasteiger partial charge in [0.2, 0.25) is 47.8 Å². The molecule has 8 N–H and O–H groups in total. The summed E-state index contributed by atoms with van der Waals surface area (Å²) in [6, 6.07) is 27.6. The number of hydrogen-bond acceptors (Lipinski definition) is 27. The zero-order valence-corrected chi connectivity index (χ0v) is 72.2. The van der Waals surface area contributed by atoms with Gasteiger partial charge in [-0.3, -0.25) is 38.8 Å². The number of amides is 4. The summed E-state index contributed by atoms with van der Waals surface area (Å²) in [5.74, 6) is -0.155. The number of ether oxygens (including phenoxy) is 1. The summed E-state index contributed by atoms with van der Waals surface area (Å²) in [6.45, 7) is 12.7. The summed E-state index contributed by atoms with van der Waals surface area (Å²) in [5.41, 5.74) is 26.7. The molecule has 5 atom stereocenters. The molecule has 4 amide bonds. The van der Waals surface area contributed by atoms with Crippen LogP contribution in [0, 0.1) is 35.4 Å². The van der Waals surface area contributed by atoms with E-state index in [-0.39, 0.29) is 83.2 Å². The molecule has 12 heterocycles. The Bertz CT molecular complexity index is 5250. The number of halogens is 1. The van der Waals surface area contributed by atoms with Gasteiger partial charge in [0.15, 0.2) is 29.4 Å². The predicted octanol–water partition coefficient (Wildman–Crippen LogP) is 7.88. The number of aromatic nitrogens is 5. The lowest BCUT2D eigenvalue weighted by atomic mass is 9.71. The Kier molecular flexibility index (Phi) is 26.3. The van der Waals surface area contributed by atoms with Gasteiger partial charge < -0.3 is 27.7 Å². The zero-order chi connectivity index (χ0) is 85.0. The van der Waals surface area contributed by atoms with E-state index in [0.29, 0.717) is 107 Å². The molecule has 628 valence electrons. The Morgan fingerprint density at radius 2 is 0.983 bits per heavy atom. The van der Waals surface area contributed by atoms with Crippen molar-refractivity contribution >= 4 is 112 Å². The van der Waals surface area contributed by atoms with Crippen molar-refractivity contribution in [2.24, 2.45) is 72.5 Å². The number of nitrogens with zero attached hydrogens (tertiary/aromatic N) is 16. The van der Waals surface area contributed by atoms with E-state index in [2.05, 4.69) is 29.9 Å². The van der Waals surface area contributed by atoms with Gasteiger partial charge in [0.05, 0.1) is 48.0 Å². The van der Waals surface area contributed by atoms with Crippen LogP contribution in [0.25, 0.3) is 32.7 Å². The Morgan fingerprint density at radius 3 is 1.42 bits per heavy atom. The molecule has 7 aliphatic heterocycles. The number of sulfonamides is 3. The van der Waals surface area contributed by atoms with Gasteiger partial charge in [0.25, 0.3) is 5.91 Å². The van der Waals surface area contributed by atoms with Crippen LogP contribution in [0.15, 0.2) is 165 Å². The van der Waals surface area contributed by atoms with Crippen molar-refractivity contribution in [3.05, 3.63) is 177 Å². The molecule has 0 spiro atoms. The molecule has 0 saturated carbocycles. The first kappa shape index (κ1) is 87.4. The van der Waals surface area contributed by atoms with E-state index in [4.69, 9.17) is 42.6 Å². The number of thiophene rings is 2. The summed E-state index contributed by atoms with van der Waals surface area (Å²) in [5, 5.41) is 4.68. The average molecular weight is 1730 g/mol. The second kappa shape index (κ2) is 35.6. The molecular weight excluding hydrogens is 1630 g/mol. The van der Waals surface area contributed by atoms with Crippen molar-refractivity contribution in [1.29, 1.82) is 0 Å². The number of thiazole rings is 1. The fourth-order valence-electron chi connectivity index (χ4n) is 16.2.